The van der Waals surface area contributed by atoms with Crippen LogP contribution in [0.2, 0.25) is 0 Å². The van der Waals surface area contributed by atoms with Gasteiger partial charge in [-0.2, -0.15) is 0 Å². The third-order valence-corrected chi connectivity index (χ3v) is 2.23. The molecule has 0 atom stereocenters. The van der Waals surface area contributed by atoms with Crippen LogP contribution in [0.4, 0.5) is 0 Å². The molecule has 1 aromatic heterocycles. The quantitative estimate of drug-likeness (QED) is 0.667. The predicted octanol–water partition coefficient (Wildman–Crippen LogP) is 0.562. The van der Waals surface area contributed by atoms with E-state index < -0.39 is 5.79 Å². The lowest BCUT2D eigenvalue weighted by molar-refractivity contribution is -0.271. The number of nitrogens with two attached hydrogens (primary N) is 1. The first-order valence-corrected chi connectivity index (χ1v) is 4.38. The van der Waals surface area contributed by atoms with Gasteiger partial charge in [0, 0.05) is 6.20 Å². The van der Waals surface area contributed by atoms with Crippen LogP contribution in [0.3, 0.4) is 0 Å². The van der Waals surface area contributed by atoms with Gasteiger partial charge in [-0.15, -0.1) is 0 Å². The maximum Gasteiger partial charge on any atom is 0.207 e. The first kappa shape index (κ1) is 8.74. The van der Waals surface area contributed by atoms with Crippen LogP contribution < -0.4 is 5.73 Å². The van der Waals surface area contributed by atoms with Crippen molar-refractivity contribution in [3.8, 4) is 0 Å². The highest BCUT2D eigenvalue weighted by atomic mass is 16.7. The molecule has 0 spiro atoms. The molecule has 4 nitrogen and oxygen atoms in total. The van der Waals surface area contributed by atoms with Crippen LogP contribution in [0, 0.1) is 0 Å². The van der Waals surface area contributed by atoms with E-state index >= 15 is 0 Å². The van der Waals surface area contributed by atoms with Gasteiger partial charge in [0.15, 0.2) is 0 Å². The van der Waals surface area contributed by atoms with E-state index in [1.165, 1.54) is 0 Å². The van der Waals surface area contributed by atoms with E-state index in [1.54, 1.807) is 0 Å². The summed E-state index contributed by atoms with van der Waals surface area (Å²) in [6, 6.07) is 3.85. The lowest BCUT2D eigenvalue weighted by Gasteiger charge is -2.35. The Balaban J connectivity index is 2.13. The van der Waals surface area contributed by atoms with E-state index in [2.05, 4.69) is 4.98 Å². The van der Waals surface area contributed by atoms with Gasteiger partial charge in [-0.05, 0) is 19.1 Å². The number of hydrogen-bond donors (Lipinski definition) is 2. The molecule has 1 saturated heterocycles. The van der Waals surface area contributed by atoms with Crippen LogP contribution in [0.15, 0.2) is 18.3 Å². The molecule has 0 bridgehead atoms. The minimum absolute atomic E-state index is 0.0111. The first-order chi connectivity index (χ1) is 6.21. The van der Waals surface area contributed by atoms with Crippen molar-refractivity contribution < 1.29 is 9.47 Å². The standard InChI is InChI=1S/C9H14N2O2/c1-9(8-3-2-4-11-8)12-5-7(10)6-13-9/h2-4,7,11H,5-6,10H2,1H3. The zero-order chi connectivity index (χ0) is 9.31. The van der Waals surface area contributed by atoms with E-state index in [-0.39, 0.29) is 6.04 Å². The van der Waals surface area contributed by atoms with Gasteiger partial charge in [-0.1, -0.05) is 0 Å². The van der Waals surface area contributed by atoms with Crippen molar-refractivity contribution in [2.75, 3.05) is 13.2 Å². The smallest absolute Gasteiger partial charge is 0.207 e. The molecule has 1 fully saturated rings. The molecule has 4 heteroatoms. The van der Waals surface area contributed by atoms with Gasteiger partial charge < -0.3 is 20.2 Å². The van der Waals surface area contributed by atoms with Gasteiger partial charge in [-0.3, -0.25) is 0 Å². The van der Waals surface area contributed by atoms with Gasteiger partial charge in [0.2, 0.25) is 5.79 Å². The van der Waals surface area contributed by atoms with Crippen molar-refractivity contribution >= 4 is 0 Å². The van der Waals surface area contributed by atoms with E-state index in [9.17, 15) is 0 Å². The summed E-state index contributed by atoms with van der Waals surface area (Å²) >= 11 is 0. The second kappa shape index (κ2) is 3.14. The monoisotopic (exact) mass is 182 g/mol. The summed E-state index contributed by atoms with van der Waals surface area (Å²) in [5.41, 5.74) is 6.58. The van der Waals surface area contributed by atoms with E-state index in [4.69, 9.17) is 15.2 Å². The van der Waals surface area contributed by atoms with E-state index in [0.29, 0.717) is 13.2 Å². The predicted molar refractivity (Wildman–Crippen MR) is 48.0 cm³/mol. The fourth-order valence-electron chi connectivity index (χ4n) is 1.39. The highest BCUT2D eigenvalue weighted by Gasteiger charge is 2.34. The zero-order valence-corrected chi connectivity index (χ0v) is 7.62. The van der Waals surface area contributed by atoms with Crippen LogP contribution in [-0.2, 0) is 15.3 Å². The maximum absolute atomic E-state index is 5.65. The summed E-state index contributed by atoms with van der Waals surface area (Å²) in [6.07, 6.45) is 1.85. The molecule has 0 radical (unpaired) electrons. The van der Waals surface area contributed by atoms with Crippen LogP contribution >= 0.6 is 0 Å². The average molecular weight is 182 g/mol. The lowest BCUT2D eigenvalue weighted by atomic mass is 10.2. The Hall–Kier alpha value is -0.840. The topological polar surface area (TPSA) is 60.3 Å². The molecule has 1 aromatic rings. The summed E-state index contributed by atoms with van der Waals surface area (Å²) < 4.78 is 11.1. The van der Waals surface area contributed by atoms with E-state index in [0.717, 1.165) is 5.69 Å². The Kier molecular flexibility index (Phi) is 2.11. The Morgan fingerprint density at radius 3 is 2.77 bits per heavy atom. The SMILES string of the molecule is CC1(c2ccc[nH]2)OCC(N)CO1. The molecular weight excluding hydrogens is 168 g/mol. The number of hydrogen-bond acceptors (Lipinski definition) is 3. The fraction of sp³-hybridized carbons (Fsp3) is 0.556. The number of ether oxygens (including phenoxy) is 2. The Labute approximate surface area is 77.0 Å². The Morgan fingerprint density at radius 2 is 2.23 bits per heavy atom. The summed E-state index contributed by atoms with van der Waals surface area (Å²) in [6.45, 7) is 2.97. The largest absolute Gasteiger partial charge is 0.361 e. The minimum atomic E-state index is -0.653. The molecular formula is C9H14N2O2. The molecule has 0 saturated carbocycles. The summed E-state index contributed by atoms with van der Waals surface area (Å²) in [7, 11) is 0. The van der Waals surface area contributed by atoms with Crippen LogP contribution in [0.25, 0.3) is 0 Å². The zero-order valence-electron chi connectivity index (χ0n) is 7.62. The highest BCUT2D eigenvalue weighted by molar-refractivity contribution is 5.10. The normalized spacial score (nSPS) is 34.8. The molecule has 13 heavy (non-hydrogen) atoms. The van der Waals surface area contributed by atoms with Crippen LogP contribution in [0.1, 0.15) is 12.6 Å². The molecule has 0 amide bonds. The molecule has 3 N–H and O–H groups in total. The number of rotatable bonds is 1. The Bertz CT molecular complexity index is 263. The van der Waals surface area contributed by atoms with E-state index in [1.807, 2.05) is 25.3 Å². The summed E-state index contributed by atoms with van der Waals surface area (Å²) in [5.74, 6) is -0.653. The lowest BCUT2D eigenvalue weighted by Crippen LogP contribution is -2.46. The molecule has 2 heterocycles. The third kappa shape index (κ3) is 1.60. The number of aromatic amines is 1. The third-order valence-electron chi connectivity index (χ3n) is 2.23. The van der Waals surface area contributed by atoms with Crippen molar-refractivity contribution in [1.82, 2.24) is 4.98 Å². The fourth-order valence-corrected chi connectivity index (χ4v) is 1.39. The summed E-state index contributed by atoms with van der Waals surface area (Å²) in [4.78, 5) is 3.07. The van der Waals surface area contributed by atoms with Crippen molar-refractivity contribution in [2.45, 2.75) is 18.8 Å². The Morgan fingerprint density at radius 1 is 1.54 bits per heavy atom. The maximum atomic E-state index is 5.65. The van der Waals surface area contributed by atoms with Crippen molar-refractivity contribution in [3.63, 3.8) is 0 Å². The molecule has 0 unspecified atom stereocenters. The number of aromatic nitrogens is 1. The number of H-pyrrole nitrogens is 1. The molecule has 1 aliphatic heterocycles. The van der Waals surface area contributed by atoms with Gasteiger partial charge in [-0.25, -0.2) is 0 Å². The first-order valence-electron chi connectivity index (χ1n) is 4.38. The van der Waals surface area contributed by atoms with Gasteiger partial charge in [0.25, 0.3) is 0 Å². The molecule has 0 aliphatic carbocycles. The van der Waals surface area contributed by atoms with Crippen molar-refractivity contribution in [3.05, 3.63) is 24.0 Å². The van der Waals surface area contributed by atoms with Crippen LogP contribution in [-0.4, -0.2) is 24.2 Å². The molecule has 72 valence electrons. The van der Waals surface area contributed by atoms with Gasteiger partial charge in [0.05, 0.1) is 24.9 Å². The number of nitrogens with one attached hydrogen (secondary N) is 1. The minimum Gasteiger partial charge on any atom is -0.361 e. The molecule has 0 aromatic carbocycles. The second-order valence-electron chi connectivity index (χ2n) is 3.41. The van der Waals surface area contributed by atoms with Crippen molar-refractivity contribution in [2.24, 2.45) is 5.73 Å². The molecule has 2 rings (SSSR count). The van der Waals surface area contributed by atoms with Gasteiger partial charge in [0.1, 0.15) is 0 Å². The van der Waals surface area contributed by atoms with Crippen molar-refractivity contribution in [1.29, 1.82) is 0 Å². The second-order valence-corrected chi connectivity index (χ2v) is 3.41. The van der Waals surface area contributed by atoms with Crippen LogP contribution in [0.5, 0.6) is 0 Å². The van der Waals surface area contributed by atoms with Gasteiger partial charge >= 0.3 is 0 Å². The summed E-state index contributed by atoms with van der Waals surface area (Å²) in [5, 5.41) is 0. The molecule has 1 aliphatic rings. The average Bonchev–Trinajstić information content (AvgIpc) is 2.63. The highest BCUT2D eigenvalue weighted by Crippen LogP contribution is 2.28.